The number of sulfonamides is 1. The summed E-state index contributed by atoms with van der Waals surface area (Å²) in [7, 11) is -3.92. The lowest BCUT2D eigenvalue weighted by Crippen LogP contribution is -2.59. The smallest absolute Gasteiger partial charge is 0.408 e. The van der Waals surface area contributed by atoms with Crippen molar-refractivity contribution < 1.29 is 41.8 Å². The number of hydrogen-bond donors (Lipinski definition) is 3. The maximum Gasteiger partial charge on any atom is 0.408 e. The van der Waals surface area contributed by atoms with E-state index in [9.17, 15) is 27.6 Å². The number of nitrogens with zero attached hydrogens (tertiary/aromatic N) is 2. The Kier molecular flexibility index (Phi) is 11.9. The molecule has 14 nitrogen and oxygen atoms in total. The van der Waals surface area contributed by atoms with Crippen LogP contribution in [-0.4, -0.2) is 89.3 Å². The predicted molar refractivity (Wildman–Crippen MR) is 211 cm³/mol. The van der Waals surface area contributed by atoms with Gasteiger partial charge in [0.1, 0.15) is 29.3 Å². The number of halogens is 1. The van der Waals surface area contributed by atoms with Gasteiger partial charge in [-0.3, -0.25) is 19.1 Å². The molecule has 7 atom stereocenters. The van der Waals surface area contributed by atoms with Crippen molar-refractivity contribution in [1.82, 2.24) is 25.2 Å². The number of alkyl carbamates (subject to hydrolysis) is 1. The first-order valence-corrected chi connectivity index (χ1v) is 21.5. The Labute approximate surface area is 333 Å². The number of benzene rings is 1. The molecule has 16 heteroatoms. The third-order valence-corrected chi connectivity index (χ3v) is 12.8. The normalized spacial score (nSPS) is 29.3. The average Bonchev–Trinajstić information content (AvgIpc) is 4.01. The maximum absolute atomic E-state index is 14.8. The van der Waals surface area contributed by atoms with Crippen molar-refractivity contribution >= 4 is 56.2 Å². The fourth-order valence-corrected chi connectivity index (χ4v) is 9.26. The molecule has 1 aromatic carbocycles. The molecule has 3 fully saturated rings. The second-order valence-electron chi connectivity index (χ2n) is 17.1. The van der Waals surface area contributed by atoms with Crippen molar-refractivity contribution in [3.05, 3.63) is 41.4 Å². The molecule has 4 amide bonds. The van der Waals surface area contributed by atoms with E-state index in [4.69, 9.17) is 25.8 Å². The van der Waals surface area contributed by atoms with E-state index in [-0.39, 0.29) is 49.1 Å². The summed E-state index contributed by atoms with van der Waals surface area (Å²) in [5.41, 5.74) is -2.37. The summed E-state index contributed by atoms with van der Waals surface area (Å²) in [6.07, 6.45) is 5.19. The quantitative estimate of drug-likeness (QED) is 0.292. The van der Waals surface area contributed by atoms with Gasteiger partial charge in [-0.2, -0.15) is 4.98 Å². The fraction of sp³-hybridized carbons (Fsp3) is 0.625. The summed E-state index contributed by atoms with van der Waals surface area (Å²) in [6, 6.07) is 4.80. The van der Waals surface area contributed by atoms with Crippen molar-refractivity contribution in [3.63, 3.8) is 0 Å². The number of hydrogen-bond acceptors (Lipinski definition) is 10. The van der Waals surface area contributed by atoms with Crippen molar-refractivity contribution in [2.45, 2.75) is 134 Å². The average molecular weight is 816 g/mol. The van der Waals surface area contributed by atoms with Gasteiger partial charge in [0, 0.05) is 34.2 Å². The molecule has 4 aliphatic rings. The van der Waals surface area contributed by atoms with E-state index in [0.29, 0.717) is 41.5 Å². The molecule has 2 aromatic rings. The van der Waals surface area contributed by atoms with Gasteiger partial charge in [-0.25, -0.2) is 13.2 Å². The number of rotatable bonds is 8. The number of amides is 4. The highest BCUT2D eigenvalue weighted by molar-refractivity contribution is 7.91. The SMILES string of the molecule is CC(C)Oc1cc2c(Cl)cccc2c(O[C@@H]2C[C@H]3C(=O)N[C@]4(C(=O)NS(=O)(=O)C5CC5)C[C@H]4/C=C\CC[C@@H](C)C[C@@H](C)[C@H](NC(=O)OC(C)(C)C)C(=O)N3C2)n1. The lowest BCUT2D eigenvalue weighted by atomic mass is 9.88. The van der Waals surface area contributed by atoms with Crippen LogP contribution in [0.3, 0.4) is 0 Å². The largest absolute Gasteiger partial charge is 0.475 e. The first kappa shape index (κ1) is 41.5. The van der Waals surface area contributed by atoms with Crippen LogP contribution >= 0.6 is 11.6 Å². The molecule has 3 N–H and O–H groups in total. The Morgan fingerprint density at radius 2 is 1.82 bits per heavy atom. The number of nitrogens with one attached hydrogen (secondary N) is 3. The van der Waals surface area contributed by atoms with E-state index in [1.807, 2.05) is 32.9 Å². The third-order valence-electron chi connectivity index (χ3n) is 10.7. The molecule has 56 heavy (non-hydrogen) atoms. The summed E-state index contributed by atoms with van der Waals surface area (Å²) in [5.74, 6) is -2.17. The lowest BCUT2D eigenvalue weighted by Gasteiger charge is -2.33. The van der Waals surface area contributed by atoms with Gasteiger partial charge >= 0.3 is 6.09 Å². The van der Waals surface area contributed by atoms with Crippen molar-refractivity contribution in [1.29, 1.82) is 0 Å². The molecule has 6 rings (SSSR count). The minimum absolute atomic E-state index is 0.000896. The molecule has 0 bridgehead atoms. The van der Waals surface area contributed by atoms with Crippen LogP contribution in [0.15, 0.2) is 36.4 Å². The molecule has 2 aliphatic heterocycles. The van der Waals surface area contributed by atoms with Gasteiger partial charge in [-0.1, -0.05) is 43.7 Å². The van der Waals surface area contributed by atoms with Crippen LogP contribution < -0.4 is 24.8 Å². The zero-order chi connectivity index (χ0) is 40.7. The van der Waals surface area contributed by atoms with Crippen molar-refractivity contribution in [3.8, 4) is 11.8 Å². The van der Waals surface area contributed by atoms with Crippen LogP contribution in [0.25, 0.3) is 10.8 Å². The maximum atomic E-state index is 14.8. The highest BCUT2D eigenvalue weighted by Crippen LogP contribution is 2.46. The van der Waals surface area contributed by atoms with E-state index < -0.39 is 74.3 Å². The van der Waals surface area contributed by atoms with Gasteiger partial charge in [0.05, 0.1) is 17.9 Å². The number of allylic oxidation sites excluding steroid dienone is 1. The monoisotopic (exact) mass is 815 g/mol. The summed E-state index contributed by atoms with van der Waals surface area (Å²) >= 11 is 6.59. The summed E-state index contributed by atoms with van der Waals surface area (Å²) in [5, 5.41) is 6.75. The molecule has 1 aromatic heterocycles. The van der Waals surface area contributed by atoms with E-state index in [2.05, 4.69) is 27.3 Å². The van der Waals surface area contributed by atoms with Gasteiger partial charge in [0.2, 0.25) is 33.6 Å². The number of fused-ring (bicyclic) bond motifs is 3. The van der Waals surface area contributed by atoms with Gasteiger partial charge in [0.25, 0.3) is 5.91 Å². The number of ether oxygens (including phenoxy) is 3. The zero-order valence-electron chi connectivity index (χ0n) is 33.1. The fourth-order valence-electron chi connectivity index (χ4n) is 7.67. The summed E-state index contributed by atoms with van der Waals surface area (Å²) in [6.45, 7) is 12.8. The Hall–Kier alpha value is -4.11. The Bertz CT molecular complexity index is 2000. The summed E-state index contributed by atoms with van der Waals surface area (Å²) < 4.78 is 46.1. The highest BCUT2D eigenvalue weighted by Gasteiger charge is 2.62. The molecule has 0 spiro atoms. The second kappa shape index (κ2) is 16.0. The second-order valence-corrected chi connectivity index (χ2v) is 19.5. The van der Waals surface area contributed by atoms with Crippen LogP contribution in [-0.2, 0) is 29.1 Å². The van der Waals surface area contributed by atoms with Gasteiger partial charge in [-0.05, 0) is 97.1 Å². The third kappa shape index (κ3) is 9.53. The zero-order valence-corrected chi connectivity index (χ0v) is 34.7. The van der Waals surface area contributed by atoms with E-state index in [1.165, 1.54) is 4.90 Å². The Balaban J connectivity index is 1.37. The molecular weight excluding hydrogens is 762 g/mol. The van der Waals surface area contributed by atoms with Gasteiger partial charge in [-0.15, -0.1) is 0 Å². The first-order chi connectivity index (χ1) is 26.3. The van der Waals surface area contributed by atoms with Crippen LogP contribution in [0.2, 0.25) is 5.02 Å². The topological polar surface area (TPSA) is 182 Å². The lowest BCUT2D eigenvalue weighted by molar-refractivity contribution is -0.142. The number of pyridine rings is 1. The van der Waals surface area contributed by atoms with Crippen LogP contribution in [0, 0.1) is 17.8 Å². The molecule has 0 radical (unpaired) electrons. The molecule has 1 saturated heterocycles. The van der Waals surface area contributed by atoms with E-state index in [0.717, 1.165) is 6.42 Å². The van der Waals surface area contributed by atoms with Gasteiger partial charge in [0.15, 0.2) is 0 Å². The van der Waals surface area contributed by atoms with Gasteiger partial charge < -0.3 is 29.7 Å². The van der Waals surface area contributed by atoms with Crippen LogP contribution in [0.5, 0.6) is 11.8 Å². The minimum atomic E-state index is -3.92. The molecule has 0 unspecified atom stereocenters. The van der Waals surface area contributed by atoms with E-state index in [1.54, 1.807) is 45.0 Å². The Morgan fingerprint density at radius 3 is 2.50 bits per heavy atom. The van der Waals surface area contributed by atoms with E-state index >= 15 is 0 Å². The molecular formula is C40H54ClN5O9S. The predicted octanol–water partition coefficient (Wildman–Crippen LogP) is 5.41. The molecule has 2 aliphatic carbocycles. The Morgan fingerprint density at radius 1 is 1.09 bits per heavy atom. The van der Waals surface area contributed by atoms with Crippen molar-refractivity contribution in [2.75, 3.05) is 6.54 Å². The molecule has 2 saturated carbocycles. The molecule has 3 heterocycles. The van der Waals surface area contributed by atoms with Crippen molar-refractivity contribution in [2.24, 2.45) is 17.8 Å². The van der Waals surface area contributed by atoms with Crippen LogP contribution in [0.1, 0.15) is 93.4 Å². The highest BCUT2D eigenvalue weighted by atomic mass is 35.5. The molecule has 306 valence electrons. The first-order valence-electron chi connectivity index (χ1n) is 19.5. The number of carbonyl (C=O) groups is 4. The number of aromatic nitrogens is 1. The summed E-state index contributed by atoms with van der Waals surface area (Å²) in [4.78, 5) is 62.4. The van der Waals surface area contributed by atoms with Crippen LogP contribution in [0.4, 0.5) is 4.79 Å². The minimum Gasteiger partial charge on any atom is -0.475 e. The standard InChI is InChI=1S/C40H54ClN5O9S/c1-22(2)53-32-19-29-28(13-10-14-30(29)41)35(42-32)54-26-18-31-34(47)44-40(37(49)45-56(51,52)27-15-16-27)20-25(40)12-9-8-11-23(3)17-24(4)33(36(48)46(31)21-26)43-38(50)55-39(5,6)7/h9-10,12-14,19,22-27,31,33H,8,11,15-18,20-21H2,1-7H3,(H,43,50)(H,44,47)(H,45,49)/b12-9-/t23-,24-,25-,26-,31+,33+,40-/m1/s1. The number of carbonyl (C=O) groups excluding carboxylic acids is 4.